The molecule has 2 heteroatoms. The van der Waals surface area contributed by atoms with Crippen molar-refractivity contribution in [2.45, 2.75) is 6.92 Å². The Kier molecular flexibility index (Phi) is 3.30. The van der Waals surface area contributed by atoms with Crippen LogP contribution in [0.1, 0.15) is 5.56 Å². The number of aromatic nitrogens is 2. The van der Waals surface area contributed by atoms with Gasteiger partial charge in [-0.05, 0) is 36.8 Å². The van der Waals surface area contributed by atoms with Crippen molar-refractivity contribution >= 4 is 0 Å². The topological polar surface area (TPSA) is 16.8 Å². The lowest BCUT2D eigenvalue weighted by molar-refractivity contribution is -0.649. The summed E-state index contributed by atoms with van der Waals surface area (Å²) in [6.45, 7) is 2.14. The summed E-state index contributed by atoms with van der Waals surface area (Å²) in [5.74, 6) is 0. The molecule has 3 rings (SSSR count). The Balaban J connectivity index is 2.19. The molecule has 0 fully saturated rings. The summed E-state index contributed by atoms with van der Waals surface area (Å²) in [5.41, 5.74) is 5.84. The third-order valence-electron chi connectivity index (χ3n) is 3.58. The molecule has 0 saturated heterocycles. The molecule has 2 aromatic heterocycles. The molecule has 0 atom stereocenters. The molecule has 0 aliphatic heterocycles. The second kappa shape index (κ2) is 5.25. The number of hydrogen-bond donors (Lipinski definition) is 0. The predicted molar refractivity (Wildman–Crippen MR) is 81.0 cm³/mol. The summed E-state index contributed by atoms with van der Waals surface area (Å²) >= 11 is 0. The van der Waals surface area contributed by atoms with Crippen LogP contribution in [-0.2, 0) is 7.05 Å². The Hall–Kier alpha value is -2.48. The van der Waals surface area contributed by atoms with Gasteiger partial charge in [-0.25, -0.2) is 4.98 Å². The Labute approximate surface area is 119 Å². The lowest BCUT2D eigenvalue weighted by atomic mass is 10.0. The standard InChI is InChI=1S/C18H17N2/c1-14-8-3-4-9-15(14)17-11-7-12-18(20(17)2)16-10-5-6-13-19-16/h3-13H,1-2H3/q+1. The molecule has 0 saturated carbocycles. The summed E-state index contributed by atoms with van der Waals surface area (Å²) in [6, 6.07) is 20.8. The third-order valence-corrected chi connectivity index (χ3v) is 3.58. The molecule has 0 unspecified atom stereocenters. The molecule has 0 amide bonds. The van der Waals surface area contributed by atoms with E-state index in [1.165, 1.54) is 16.8 Å². The van der Waals surface area contributed by atoms with Crippen molar-refractivity contribution in [3.8, 4) is 22.6 Å². The van der Waals surface area contributed by atoms with Crippen LogP contribution in [0.2, 0.25) is 0 Å². The van der Waals surface area contributed by atoms with E-state index in [0.717, 1.165) is 11.4 Å². The molecule has 0 aliphatic rings. The van der Waals surface area contributed by atoms with E-state index >= 15 is 0 Å². The summed E-state index contributed by atoms with van der Waals surface area (Å²) in [6.07, 6.45) is 1.83. The number of pyridine rings is 2. The molecule has 0 aliphatic carbocycles. The third kappa shape index (κ3) is 2.21. The van der Waals surface area contributed by atoms with Crippen molar-refractivity contribution in [1.82, 2.24) is 4.98 Å². The molecule has 0 bridgehead atoms. The van der Waals surface area contributed by atoms with Gasteiger partial charge in [-0.1, -0.05) is 24.3 Å². The van der Waals surface area contributed by atoms with Crippen LogP contribution < -0.4 is 4.57 Å². The molecule has 3 aromatic rings. The van der Waals surface area contributed by atoms with E-state index in [9.17, 15) is 0 Å². The van der Waals surface area contributed by atoms with E-state index < -0.39 is 0 Å². The lowest BCUT2D eigenvalue weighted by Crippen LogP contribution is -2.34. The highest BCUT2D eigenvalue weighted by molar-refractivity contribution is 5.62. The summed E-state index contributed by atoms with van der Waals surface area (Å²) in [4.78, 5) is 4.45. The molecule has 98 valence electrons. The van der Waals surface area contributed by atoms with Crippen LogP contribution in [0.3, 0.4) is 0 Å². The largest absolute Gasteiger partial charge is 0.250 e. The molecular weight excluding hydrogens is 244 g/mol. The Morgan fingerprint density at radius 1 is 0.800 bits per heavy atom. The van der Waals surface area contributed by atoms with Crippen LogP contribution in [0, 0.1) is 6.92 Å². The minimum absolute atomic E-state index is 0.991. The van der Waals surface area contributed by atoms with Gasteiger partial charge in [-0.2, -0.15) is 4.57 Å². The molecule has 2 heterocycles. The number of aryl methyl sites for hydroxylation is 1. The quantitative estimate of drug-likeness (QED) is 0.645. The van der Waals surface area contributed by atoms with Crippen LogP contribution in [0.25, 0.3) is 22.6 Å². The molecule has 0 radical (unpaired) electrons. The lowest BCUT2D eigenvalue weighted by Gasteiger charge is -2.07. The van der Waals surface area contributed by atoms with Gasteiger partial charge in [0.2, 0.25) is 11.4 Å². The Morgan fingerprint density at radius 2 is 1.55 bits per heavy atom. The SMILES string of the molecule is Cc1ccccc1-c1cccc(-c2ccccn2)[n+]1C. The minimum Gasteiger partial charge on any atom is -0.250 e. The fourth-order valence-corrected chi connectivity index (χ4v) is 2.49. The zero-order valence-corrected chi connectivity index (χ0v) is 11.7. The molecular formula is C18H17N2+. The van der Waals surface area contributed by atoms with Crippen molar-refractivity contribution in [1.29, 1.82) is 0 Å². The van der Waals surface area contributed by atoms with Crippen molar-refractivity contribution < 1.29 is 4.57 Å². The van der Waals surface area contributed by atoms with E-state index in [0.29, 0.717) is 0 Å². The smallest absolute Gasteiger partial charge is 0.231 e. The van der Waals surface area contributed by atoms with E-state index in [2.05, 4.69) is 66.0 Å². The van der Waals surface area contributed by atoms with E-state index in [-0.39, 0.29) is 0 Å². The second-order valence-electron chi connectivity index (χ2n) is 4.89. The second-order valence-corrected chi connectivity index (χ2v) is 4.89. The highest BCUT2D eigenvalue weighted by Crippen LogP contribution is 2.22. The van der Waals surface area contributed by atoms with Crippen molar-refractivity contribution in [2.75, 3.05) is 0 Å². The van der Waals surface area contributed by atoms with E-state index in [1.54, 1.807) is 0 Å². The first-order valence-electron chi connectivity index (χ1n) is 6.74. The maximum atomic E-state index is 4.45. The number of benzene rings is 1. The number of rotatable bonds is 2. The first-order valence-corrected chi connectivity index (χ1v) is 6.74. The summed E-state index contributed by atoms with van der Waals surface area (Å²) in [7, 11) is 2.09. The predicted octanol–water partition coefficient (Wildman–Crippen LogP) is 3.55. The fourth-order valence-electron chi connectivity index (χ4n) is 2.49. The van der Waals surface area contributed by atoms with Gasteiger partial charge in [0.1, 0.15) is 12.7 Å². The molecule has 0 spiro atoms. The minimum atomic E-state index is 0.991. The van der Waals surface area contributed by atoms with Crippen molar-refractivity contribution in [3.63, 3.8) is 0 Å². The zero-order valence-electron chi connectivity index (χ0n) is 11.7. The zero-order chi connectivity index (χ0) is 13.9. The van der Waals surface area contributed by atoms with Crippen LogP contribution in [0.4, 0.5) is 0 Å². The average molecular weight is 261 g/mol. The van der Waals surface area contributed by atoms with Crippen LogP contribution in [-0.4, -0.2) is 4.98 Å². The fraction of sp³-hybridized carbons (Fsp3) is 0.111. The van der Waals surface area contributed by atoms with Crippen molar-refractivity contribution in [2.24, 2.45) is 7.05 Å². The first kappa shape index (κ1) is 12.5. The monoisotopic (exact) mass is 261 g/mol. The normalized spacial score (nSPS) is 10.5. The van der Waals surface area contributed by atoms with Crippen LogP contribution in [0.5, 0.6) is 0 Å². The highest BCUT2D eigenvalue weighted by atomic mass is 15.0. The number of hydrogen-bond acceptors (Lipinski definition) is 1. The van der Waals surface area contributed by atoms with E-state index in [4.69, 9.17) is 0 Å². The first-order chi connectivity index (χ1) is 9.77. The van der Waals surface area contributed by atoms with Gasteiger partial charge in [0.15, 0.2) is 0 Å². The summed E-state index contributed by atoms with van der Waals surface area (Å²) < 4.78 is 2.20. The molecule has 20 heavy (non-hydrogen) atoms. The summed E-state index contributed by atoms with van der Waals surface area (Å²) in [5, 5.41) is 0. The maximum Gasteiger partial charge on any atom is 0.231 e. The molecule has 1 aromatic carbocycles. The van der Waals surface area contributed by atoms with Gasteiger partial charge in [0, 0.05) is 23.9 Å². The van der Waals surface area contributed by atoms with Crippen LogP contribution in [0.15, 0.2) is 66.9 Å². The van der Waals surface area contributed by atoms with Gasteiger partial charge >= 0.3 is 0 Å². The van der Waals surface area contributed by atoms with Crippen molar-refractivity contribution in [3.05, 3.63) is 72.4 Å². The maximum absolute atomic E-state index is 4.45. The number of nitrogens with zero attached hydrogens (tertiary/aromatic N) is 2. The average Bonchev–Trinajstić information content (AvgIpc) is 2.49. The van der Waals surface area contributed by atoms with Crippen LogP contribution >= 0.6 is 0 Å². The van der Waals surface area contributed by atoms with Gasteiger partial charge in [-0.3, -0.25) is 0 Å². The Morgan fingerprint density at radius 3 is 2.30 bits per heavy atom. The van der Waals surface area contributed by atoms with Gasteiger partial charge in [0.25, 0.3) is 0 Å². The molecule has 2 nitrogen and oxygen atoms in total. The van der Waals surface area contributed by atoms with E-state index in [1.807, 2.05) is 24.4 Å². The molecule has 0 N–H and O–H groups in total. The van der Waals surface area contributed by atoms with Gasteiger partial charge in [0.05, 0.1) is 0 Å². The van der Waals surface area contributed by atoms with Gasteiger partial charge in [-0.15, -0.1) is 0 Å². The van der Waals surface area contributed by atoms with Gasteiger partial charge < -0.3 is 0 Å². The highest BCUT2D eigenvalue weighted by Gasteiger charge is 2.17. The Bertz CT molecular complexity index is 733.